The molecule has 139 heavy (non-hydrogen) atoms. The highest BCUT2D eigenvalue weighted by Crippen LogP contribution is 2.34. The van der Waals surface area contributed by atoms with Gasteiger partial charge in [0.15, 0.2) is 68.0 Å². The van der Waals surface area contributed by atoms with Gasteiger partial charge in [0, 0.05) is 150 Å². The van der Waals surface area contributed by atoms with Gasteiger partial charge in [-0.3, -0.25) is 24.9 Å². The Morgan fingerprint density at radius 3 is 1.63 bits per heavy atom. The Balaban J connectivity index is 0.000000126. The van der Waals surface area contributed by atoms with E-state index in [1.54, 1.807) is 17.0 Å². The Kier molecular flexibility index (Phi) is 32.8. The average molecular weight is 1850 g/mol. The lowest BCUT2D eigenvalue weighted by molar-refractivity contribution is -0.880. The number of nitrogens with zero attached hydrogens (tertiary/aromatic N) is 9. The van der Waals surface area contributed by atoms with Gasteiger partial charge in [-0.05, 0) is 246 Å². The van der Waals surface area contributed by atoms with E-state index < -0.39 is 0 Å². The number of carbonyl (C=O) groups is 1. The van der Waals surface area contributed by atoms with Crippen molar-refractivity contribution in [1.82, 2.24) is 40.4 Å². The molecule has 1 atom stereocenters. The van der Waals surface area contributed by atoms with Crippen LogP contribution in [0.2, 0.25) is 0 Å². The molecule has 1 amide bonds. The number of anilines is 2. The zero-order chi connectivity index (χ0) is 96.2. The summed E-state index contributed by atoms with van der Waals surface area (Å²) < 4.78 is 11.5. The van der Waals surface area contributed by atoms with Crippen LogP contribution in [0.1, 0.15) is 104 Å². The van der Waals surface area contributed by atoms with Crippen LogP contribution in [0, 0.1) is 0 Å². The molecule has 2 fully saturated rings. The molecule has 0 bridgehead atoms. The van der Waals surface area contributed by atoms with Crippen LogP contribution in [0.4, 0.5) is 17.1 Å². The van der Waals surface area contributed by atoms with Gasteiger partial charge >= 0.3 is 0 Å². The van der Waals surface area contributed by atoms with Crippen molar-refractivity contribution in [2.45, 2.75) is 52.4 Å². The zero-order valence-corrected chi connectivity index (χ0v) is 81.4. The number of aryl methyl sites for hydroxylation is 2. The van der Waals surface area contributed by atoms with Gasteiger partial charge in [0.05, 0.1) is 101 Å². The molecule has 3 aliphatic heterocycles. The van der Waals surface area contributed by atoms with Gasteiger partial charge in [-0.1, -0.05) is 91.9 Å². The van der Waals surface area contributed by atoms with Crippen LogP contribution in [0.25, 0.3) is 86.1 Å². The number of aromatic hydroxyl groups is 1. The quantitative estimate of drug-likeness (QED) is 0.0180. The van der Waals surface area contributed by atoms with E-state index in [9.17, 15) is 9.90 Å². The fourth-order valence-corrected chi connectivity index (χ4v) is 17.0. The number of allylic oxidation sites excluding steroid dienone is 5. The fourth-order valence-electron chi connectivity index (χ4n) is 17.0. The molecule has 6 aromatic heterocycles. The second-order valence-electron chi connectivity index (χ2n) is 36.4. The van der Waals surface area contributed by atoms with Crippen molar-refractivity contribution in [3.8, 4) is 39.9 Å². The highest BCUT2D eigenvalue weighted by atomic mass is 16.3. The number of H-pyrrole nitrogens is 2. The maximum Gasteiger partial charge on any atom is 0.274 e. The number of benzene rings is 10. The Morgan fingerprint density at radius 2 is 1.09 bits per heavy atom. The van der Waals surface area contributed by atoms with E-state index in [1.165, 1.54) is 103 Å². The number of rotatable bonds is 22. The summed E-state index contributed by atoms with van der Waals surface area (Å²) in [6.07, 6.45) is 37.7. The summed E-state index contributed by atoms with van der Waals surface area (Å²) in [5.74, 6) is 2.82. The molecule has 4 aliphatic rings. The number of amides is 1. The van der Waals surface area contributed by atoms with Crippen LogP contribution in [0.15, 0.2) is 371 Å². The molecule has 2 saturated heterocycles. The second kappa shape index (κ2) is 47.3. The number of aromatic nitrogens is 8. The molecule has 0 radical (unpaired) electrons. The molecular formula is C119H131N18O2+9. The lowest BCUT2D eigenvalue weighted by atomic mass is 9.90. The Bertz CT molecular complexity index is 6850. The number of amidine groups is 1. The maximum atomic E-state index is 12.5. The largest absolute Gasteiger partial charge is 0.508 e. The van der Waals surface area contributed by atoms with Crippen molar-refractivity contribution < 1.29 is 48.0 Å². The molecule has 0 saturated carbocycles. The predicted octanol–water partition coefficient (Wildman–Crippen LogP) is 14.8. The molecule has 20 nitrogen and oxygen atoms in total. The number of nitrogens with two attached hydrogens (primary N) is 1. The SMILES string of the molecule is C(=C/c1ccc(-[n+]2ccccc2)cc1)/c1ccc(-[n+]2ccccc2)cc1.CC[N+](C)(C)c1ccc(C(=C2C=CC(=[N+](C)C)C=C2)c2ccc(CNC)cc2)cc1.CCc1ccc(C[n+]2ccc(C=Cc3cc[n+](C)cc3)cc2)cc1.C[NH+]1CCN(c2ccc3nc(-c4ccc5nc(-c6ccc(O)cc6)[nH]c5c4)[nH]c3c2)CC1.O=C(Nc1ccc(C2NCCC[NH2+]2)cc1)c1ccc(C2=[NH+]CCCN2)cc1. The van der Waals surface area contributed by atoms with E-state index in [0.717, 1.165) is 150 Å². The van der Waals surface area contributed by atoms with Crippen LogP contribution in [-0.2, 0) is 26.6 Å². The van der Waals surface area contributed by atoms with Crippen molar-refractivity contribution in [3.05, 3.63) is 437 Å². The smallest absolute Gasteiger partial charge is 0.274 e. The van der Waals surface area contributed by atoms with Crippen LogP contribution < -0.4 is 64.1 Å². The third-order valence-corrected chi connectivity index (χ3v) is 25.8. The minimum absolute atomic E-state index is 0.0915. The summed E-state index contributed by atoms with van der Waals surface area (Å²) in [6.45, 7) is 15.9. The maximum absolute atomic E-state index is 12.5. The number of hydrogen-bond donors (Lipinski definition) is 10. The highest BCUT2D eigenvalue weighted by Gasteiger charge is 2.24. The molecule has 20 rings (SSSR count). The molecule has 11 N–H and O–H groups in total. The van der Waals surface area contributed by atoms with Crippen LogP contribution in [-0.4, -0.2) is 148 Å². The standard InChI is InChI=1S/C27H35N3.C25H24N6O.C24H20N2.C22H24N2.C21H25N5O/c1-7-30(5,6)26-18-14-24(15-19-26)27(22-10-8-21(9-11-22)20-28-2)23-12-16-25(17-13-23)29(3)4;1-30-10-12-31(13-11-30)18-5-9-21-23(15-18)29-25(27-21)17-4-8-20-22(14-17)28-24(26-20)16-2-6-19(32)7-3-16;1-3-17-25(18-4-1)23-13-9-21(10-14-23)7-8-22-11-15-24(16-12-22)26-19-5-2-6-20-26;1-3-19-4-8-22(9-5-19)18-24-16-12-21(13-17-24)7-6-20-10-14-23(2)15-11-20;27-21(17-5-3-15(4-6-17)19-22-11-1-12-23-19)26-18-9-7-16(8-10-18)20-24-13-2-14-25-20/h8-19,28H,7,20H2,1-6H3;2-9,14-15,32H,10-13H2,1H3,(H,26,28)(H,27,29);1-20H;4-17H,3,18H2,1-2H3;3-10,20,24-25H,1-2,11-14H2,(H,22,23)(H,26,27)/q+2;;2*+2;/p+3/b;;8-7-;;. The first kappa shape index (κ1) is 96.6. The number of hydrogen-bond acceptors (Lipinski definition) is 8. The molecule has 10 aromatic carbocycles. The minimum atomic E-state index is -0.0915. The van der Waals surface area contributed by atoms with Gasteiger partial charge in [-0.2, -0.15) is 9.13 Å². The van der Waals surface area contributed by atoms with E-state index in [2.05, 4.69) is 399 Å². The molecule has 700 valence electrons. The number of aromatic amines is 2. The molecule has 9 heterocycles. The number of likely N-dealkylation sites (N-methyl/N-ethyl adjacent to an activating group) is 1. The number of phenols is 1. The van der Waals surface area contributed by atoms with Gasteiger partial charge in [-0.15, -0.1) is 0 Å². The number of imidazole rings is 2. The number of pyridine rings is 4. The number of piperazine rings is 1. The lowest BCUT2D eigenvalue weighted by Gasteiger charge is -2.31. The first-order valence-electron chi connectivity index (χ1n) is 48.5. The van der Waals surface area contributed by atoms with Crippen molar-refractivity contribution >= 4 is 86.5 Å². The highest BCUT2D eigenvalue weighted by molar-refractivity contribution is 6.06. The molecule has 1 unspecified atom stereocenters. The Morgan fingerprint density at radius 1 is 0.561 bits per heavy atom. The first-order valence-corrected chi connectivity index (χ1v) is 48.5. The summed E-state index contributed by atoms with van der Waals surface area (Å²) >= 11 is 0. The van der Waals surface area contributed by atoms with Gasteiger partial charge in [0.1, 0.15) is 44.2 Å². The molecule has 20 heteroatoms. The summed E-state index contributed by atoms with van der Waals surface area (Å²) in [4.78, 5) is 36.3. The van der Waals surface area contributed by atoms with Crippen LogP contribution >= 0.6 is 0 Å². The summed E-state index contributed by atoms with van der Waals surface area (Å²) in [5, 5.41) is 24.9. The summed E-state index contributed by atoms with van der Waals surface area (Å²) in [7, 11) is 14.9. The monoisotopic (exact) mass is 1840 g/mol. The number of carbonyl (C=O) groups excluding carboxylic acids is 1. The predicted molar refractivity (Wildman–Crippen MR) is 567 cm³/mol. The number of quaternary nitrogens is 3. The van der Waals surface area contributed by atoms with Crippen molar-refractivity contribution in [2.75, 3.05) is 111 Å². The van der Waals surface area contributed by atoms with E-state index in [0.29, 0.717) is 11.7 Å². The van der Waals surface area contributed by atoms with Crippen molar-refractivity contribution in [1.29, 1.82) is 0 Å². The molecule has 1 aliphatic carbocycles. The van der Waals surface area contributed by atoms with Gasteiger partial charge in [0.2, 0.25) is 11.4 Å². The molecule has 0 spiro atoms. The van der Waals surface area contributed by atoms with E-state index in [-0.39, 0.29) is 11.7 Å². The van der Waals surface area contributed by atoms with Gasteiger partial charge in [-0.25, -0.2) is 23.7 Å². The topological polar surface area (TPSA) is 200 Å². The molecule has 16 aromatic rings. The third-order valence-electron chi connectivity index (χ3n) is 25.8. The average Bonchev–Trinajstić information content (AvgIpc) is 1.68. The fraction of sp³-hybridized carbons (Fsp3) is 0.202. The van der Waals surface area contributed by atoms with E-state index >= 15 is 0 Å². The van der Waals surface area contributed by atoms with E-state index in [4.69, 9.17) is 4.98 Å². The van der Waals surface area contributed by atoms with Crippen molar-refractivity contribution in [2.24, 2.45) is 7.05 Å². The number of phenolic OH excluding ortho intramolecular Hbond substituents is 1. The summed E-state index contributed by atoms with van der Waals surface area (Å²) in [6, 6.07) is 100. The third kappa shape index (κ3) is 26.6. The number of nitrogens with one attached hydrogen (secondary N) is 8. The van der Waals surface area contributed by atoms with Gasteiger partial charge < -0.3 is 40.8 Å². The second-order valence-corrected chi connectivity index (χ2v) is 36.4. The minimum Gasteiger partial charge on any atom is -0.508 e. The van der Waals surface area contributed by atoms with Crippen LogP contribution in [0.3, 0.4) is 0 Å². The van der Waals surface area contributed by atoms with Crippen molar-refractivity contribution in [3.63, 3.8) is 0 Å². The summed E-state index contributed by atoms with van der Waals surface area (Å²) in [5.41, 5.74) is 29.5. The zero-order valence-electron chi connectivity index (χ0n) is 81.4. The first-order chi connectivity index (χ1) is 67.9. The Labute approximate surface area is 817 Å². The lowest BCUT2D eigenvalue weighted by Crippen LogP contribution is -3.12. The molecular weight excluding hydrogens is 1710 g/mol. The Hall–Kier alpha value is -15.6. The normalized spacial score (nSPS) is 14.2. The van der Waals surface area contributed by atoms with Crippen LogP contribution in [0.5, 0.6) is 5.75 Å². The van der Waals surface area contributed by atoms with E-state index in [1.807, 2.05) is 116 Å². The van der Waals surface area contributed by atoms with Gasteiger partial charge in [0.25, 0.3) is 11.7 Å². The number of fused-ring (bicyclic) bond motifs is 2.